The lowest BCUT2D eigenvalue weighted by molar-refractivity contribution is 0.231. The summed E-state index contributed by atoms with van der Waals surface area (Å²) >= 11 is 0. The maximum Gasteiger partial charge on any atom is 0.315 e. The highest BCUT2D eigenvalue weighted by molar-refractivity contribution is 5.82. The van der Waals surface area contributed by atoms with Crippen molar-refractivity contribution in [3.05, 3.63) is 53.0 Å². The molecule has 0 bridgehead atoms. The number of furan rings is 1. The number of benzene rings is 1. The third-order valence-corrected chi connectivity index (χ3v) is 4.98. The molecule has 0 spiro atoms. The van der Waals surface area contributed by atoms with E-state index in [1.165, 1.54) is 5.56 Å². The number of hydrogen-bond acceptors (Lipinski definition) is 3. The number of aryl methyl sites for hydroxylation is 2. The van der Waals surface area contributed by atoms with E-state index in [-0.39, 0.29) is 18.1 Å². The van der Waals surface area contributed by atoms with Crippen molar-refractivity contribution in [2.24, 2.45) is 0 Å². The molecule has 1 unspecified atom stereocenters. The van der Waals surface area contributed by atoms with Crippen molar-refractivity contribution in [1.82, 2.24) is 20.8 Å². The molecule has 0 saturated heterocycles. The molecular weight excluding hydrogens is 316 g/mol. The number of carbonyl (C=O) groups is 1. The van der Waals surface area contributed by atoms with Gasteiger partial charge in [0.05, 0.1) is 12.2 Å². The zero-order valence-electron chi connectivity index (χ0n) is 14.4. The van der Waals surface area contributed by atoms with Crippen LogP contribution in [0.1, 0.15) is 42.0 Å². The van der Waals surface area contributed by atoms with Gasteiger partial charge in [-0.25, -0.2) is 4.79 Å². The molecule has 2 heterocycles. The molecule has 1 aliphatic rings. The predicted molar refractivity (Wildman–Crippen MR) is 95.4 cm³/mol. The summed E-state index contributed by atoms with van der Waals surface area (Å²) < 4.78 is 5.93. The van der Waals surface area contributed by atoms with Gasteiger partial charge in [0, 0.05) is 29.1 Å². The van der Waals surface area contributed by atoms with E-state index in [1.807, 2.05) is 44.3 Å². The lowest BCUT2D eigenvalue weighted by Gasteiger charge is -2.24. The molecule has 25 heavy (non-hydrogen) atoms. The van der Waals surface area contributed by atoms with Crippen molar-refractivity contribution in [2.75, 3.05) is 0 Å². The number of amides is 2. The molecule has 2 amide bonds. The van der Waals surface area contributed by atoms with Gasteiger partial charge in [0.25, 0.3) is 0 Å². The van der Waals surface area contributed by atoms with Gasteiger partial charge in [-0.2, -0.15) is 5.10 Å². The van der Waals surface area contributed by atoms with E-state index in [2.05, 4.69) is 20.8 Å². The molecule has 3 aromatic rings. The molecule has 0 radical (unpaired) electrons. The number of carbonyl (C=O) groups excluding carboxylic acids is 1. The van der Waals surface area contributed by atoms with Crippen LogP contribution in [0.4, 0.5) is 4.79 Å². The highest BCUT2D eigenvalue weighted by Gasteiger charge is 2.23. The second-order valence-electron chi connectivity index (χ2n) is 6.74. The average molecular weight is 338 g/mol. The zero-order chi connectivity index (χ0) is 17.4. The van der Waals surface area contributed by atoms with Gasteiger partial charge < -0.3 is 15.1 Å². The van der Waals surface area contributed by atoms with Gasteiger partial charge in [-0.1, -0.05) is 18.2 Å². The monoisotopic (exact) mass is 338 g/mol. The first-order valence-electron chi connectivity index (χ1n) is 8.68. The summed E-state index contributed by atoms with van der Waals surface area (Å²) in [6.45, 7) is 3.97. The smallest absolute Gasteiger partial charge is 0.315 e. The van der Waals surface area contributed by atoms with E-state index in [0.29, 0.717) is 0 Å². The van der Waals surface area contributed by atoms with Gasteiger partial charge in [-0.15, -0.1) is 0 Å². The lowest BCUT2D eigenvalue weighted by atomic mass is 9.94. The Labute approximate surface area is 146 Å². The number of nitrogens with zero attached hydrogens (tertiary/aromatic N) is 1. The molecule has 4 rings (SSSR count). The lowest BCUT2D eigenvalue weighted by Crippen LogP contribution is -2.45. The maximum absolute atomic E-state index is 12.4. The number of para-hydroxylation sites is 1. The van der Waals surface area contributed by atoms with Crippen molar-refractivity contribution in [3.63, 3.8) is 0 Å². The van der Waals surface area contributed by atoms with Crippen LogP contribution < -0.4 is 10.6 Å². The Morgan fingerprint density at radius 1 is 1.40 bits per heavy atom. The summed E-state index contributed by atoms with van der Waals surface area (Å²) in [5, 5.41) is 14.2. The number of urea groups is 1. The minimum absolute atomic E-state index is 0.122. The fourth-order valence-electron chi connectivity index (χ4n) is 3.63. The summed E-state index contributed by atoms with van der Waals surface area (Å²) in [6, 6.07) is 7.69. The van der Waals surface area contributed by atoms with Crippen molar-refractivity contribution in [3.8, 4) is 0 Å². The SMILES string of the molecule is Cc1c([C@H](C)NC(=O)NC2CCc3cn[nH]c3C2)oc2ccccc12. The van der Waals surface area contributed by atoms with Crippen LogP contribution in [0.5, 0.6) is 0 Å². The highest BCUT2D eigenvalue weighted by atomic mass is 16.3. The Hall–Kier alpha value is -2.76. The fourth-order valence-corrected chi connectivity index (χ4v) is 3.63. The largest absolute Gasteiger partial charge is 0.459 e. The van der Waals surface area contributed by atoms with E-state index in [4.69, 9.17) is 4.42 Å². The first-order chi connectivity index (χ1) is 12.1. The molecule has 130 valence electrons. The van der Waals surface area contributed by atoms with Crippen LogP contribution in [-0.2, 0) is 12.8 Å². The minimum Gasteiger partial charge on any atom is -0.459 e. The fraction of sp³-hybridized carbons (Fsp3) is 0.368. The number of fused-ring (bicyclic) bond motifs is 2. The van der Waals surface area contributed by atoms with E-state index in [0.717, 1.165) is 47.2 Å². The topological polar surface area (TPSA) is 83.0 Å². The number of aromatic amines is 1. The Morgan fingerprint density at radius 2 is 2.24 bits per heavy atom. The summed E-state index contributed by atoms with van der Waals surface area (Å²) in [4.78, 5) is 12.4. The molecule has 1 aliphatic carbocycles. The van der Waals surface area contributed by atoms with E-state index in [1.54, 1.807) is 0 Å². The van der Waals surface area contributed by atoms with Gasteiger partial charge in [-0.05, 0) is 38.3 Å². The van der Waals surface area contributed by atoms with Crippen molar-refractivity contribution in [2.45, 2.75) is 45.2 Å². The summed E-state index contributed by atoms with van der Waals surface area (Å²) in [6.07, 6.45) is 4.53. The van der Waals surface area contributed by atoms with Gasteiger partial charge in [0.2, 0.25) is 0 Å². The Bertz CT molecular complexity index is 911. The summed E-state index contributed by atoms with van der Waals surface area (Å²) in [7, 11) is 0. The maximum atomic E-state index is 12.4. The first kappa shape index (κ1) is 15.7. The van der Waals surface area contributed by atoms with Gasteiger partial charge in [0.1, 0.15) is 11.3 Å². The van der Waals surface area contributed by atoms with Crippen LogP contribution in [0.25, 0.3) is 11.0 Å². The van der Waals surface area contributed by atoms with Gasteiger partial charge >= 0.3 is 6.03 Å². The predicted octanol–water partition coefficient (Wildman–Crippen LogP) is 3.38. The zero-order valence-corrected chi connectivity index (χ0v) is 14.4. The van der Waals surface area contributed by atoms with E-state index in [9.17, 15) is 4.79 Å². The number of hydrogen-bond donors (Lipinski definition) is 3. The second kappa shape index (κ2) is 6.27. The molecular formula is C19H22N4O2. The molecule has 2 aromatic heterocycles. The van der Waals surface area contributed by atoms with Crippen LogP contribution >= 0.6 is 0 Å². The summed E-state index contributed by atoms with van der Waals surface area (Å²) in [5.41, 5.74) is 4.30. The third-order valence-electron chi connectivity index (χ3n) is 4.98. The van der Waals surface area contributed by atoms with E-state index < -0.39 is 0 Å². The second-order valence-corrected chi connectivity index (χ2v) is 6.74. The molecule has 3 N–H and O–H groups in total. The third kappa shape index (κ3) is 2.99. The van der Waals surface area contributed by atoms with Crippen LogP contribution in [0, 0.1) is 6.92 Å². The summed E-state index contributed by atoms with van der Waals surface area (Å²) in [5.74, 6) is 0.802. The molecule has 0 aliphatic heterocycles. The molecule has 0 saturated carbocycles. The van der Waals surface area contributed by atoms with Crippen LogP contribution in [0.2, 0.25) is 0 Å². The Morgan fingerprint density at radius 3 is 3.08 bits per heavy atom. The van der Waals surface area contributed by atoms with Crippen LogP contribution in [0.15, 0.2) is 34.9 Å². The number of aromatic nitrogens is 2. The van der Waals surface area contributed by atoms with Crippen LogP contribution in [0.3, 0.4) is 0 Å². The number of H-pyrrole nitrogens is 1. The minimum atomic E-state index is -0.196. The van der Waals surface area contributed by atoms with Gasteiger partial charge in [0.15, 0.2) is 0 Å². The van der Waals surface area contributed by atoms with Crippen molar-refractivity contribution >= 4 is 17.0 Å². The molecule has 6 heteroatoms. The Kier molecular flexibility index (Phi) is 3.95. The number of rotatable bonds is 3. The van der Waals surface area contributed by atoms with Crippen LogP contribution in [-0.4, -0.2) is 22.3 Å². The normalized spacial score (nSPS) is 17.9. The molecule has 2 atom stereocenters. The Balaban J connectivity index is 1.41. The van der Waals surface area contributed by atoms with Crippen molar-refractivity contribution < 1.29 is 9.21 Å². The molecule has 1 aromatic carbocycles. The van der Waals surface area contributed by atoms with Crippen molar-refractivity contribution in [1.29, 1.82) is 0 Å². The quantitative estimate of drug-likeness (QED) is 0.684. The standard InChI is InChI=1S/C19H22N4O2/c1-11-15-5-3-4-6-17(15)25-18(11)12(2)21-19(24)22-14-8-7-13-10-20-23-16(13)9-14/h3-6,10,12,14H,7-9H2,1-2H3,(H,20,23)(H2,21,22,24)/t12-,14?/m0/s1. The van der Waals surface area contributed by atoms with E-state index >= 15 is 0 Å². The molecule has 6 nitrogen and oxygen atoms in total. The highest BCUT2D eigenvalue weighted by Crippen LogP contribution is 2.29. The average Bonchev–Trinajstić information content (AvgIpc) is 3.19. The number of nitrogens with one attached hydrogen (secondary N) is 3. The first-order valence-corrected chi connectivity index (χ1v) is 8.68. The molecule has 0 fully saturated rings. The van der Waals surface area contributed by atoms with Gasteiger partial charge in [-0.3, -0.25) is 5.10 Å².